The Balaban J connectivity index is 2.91. The molecule has 0 saturated heterocycles. The van der Waals surface area contributed by atoms with Crippen LogP contribution in [0.1, 0.15) is 5.69 Å². The van der Waals surface area contributed by atoms with E-state index in [1.165, 1.54) is 12.3 Å². The molecule has 2 aromatic rings. The average Bonchev–Trinajstić information content (AvgIpc) is 2.16. The number of hydrogen-bond acceptors (Lipinski definition) is 2. The van der Waals surface area contributed by atoms with Gasteiger partial charge >= 0.3 is 0 Å². The van der Waals surface area contributed by atoms with Crippen LogP contribution in [0.3, 0.4) is 0 Å². The number of halogens is 2. The third kappa shape index (κ3) is 1.52. The molecule has 5 heteroatoms. The number of nitrogens with zero attached hydrogens (tertiary/aromatic N) is 1. The number of nitrogens with two attached hydrogens (primary N) is 1. The van der Waals surface area contributed by atoms with Crippen molar-refractivity contribution in [1.82, 2.24) is 4.98 Å². The zero-order valence-corrected chi connectivity index (χ0v) is 7.59. The van der Waals surface area contributed by atoms with Crippen molar-refractivity contribution >= 4 is 16.6 Å². The first kappa shape index (κ1) is 9.51. The number of pyridine rings is 1. The van der Waals surface area contributed by atoms with E-state index in [1.54, 1.807) is 0 Å². The van der Waals surface area contributed by atoms with Gasteiger partial charge in [-0.2, -0.15) is 0 Å². The van der Waals surface area contributed by atoms with Crippen molar-refractivity contribution in [2.24, 2.45) is 5.73 Å². The quantitative estimate of drug-likeness (QED) is 0.553. The number of benzene rings is 1. The van der Waals surface area contributed by atoms with Gasteiger partial charge in [0.05, 0.1) is 0 Å². The zero-order chi connectivity index (χ0) is 11.0. The Hall–Kier alpha value is -2.04. The van der Waals surface area contributed by atoms with Crippen LogP contribution >= 0.6 is 0 Å². The maximum absolute atomic E-state index is 13.3. The molecule has 3 nitrogen and oxygen atoms in total. The predicted molar refractivity (Wildman–Crippen MR) is 52.7 cm³/mol. The minimum atomic E-state index is -0.713. The van der Waals surface area contributed by atoms with Crippen molar-refractivity contribution in [3.63, 3.8) is 0 Å². The number of nitrogen functional groups attached to an aromatic ring is 1. The fraction of sp³-hybridized carbons (Fsp3) is 0. The van der Waals surface area contributed by atoms with Crippen molar-refractivity contribution in [3.8, 4) is 0 Å². The van der Waals surface area contributed by atoms with Gasteiger partial charge in [0.25, 0.3) is 0 Å². The van der Waals surface area contributed by atoms with Crippen LogP contribution in [-0.4, -0.2) is 10.8 Å². The number of nitrogens with one attached hydrogen (secondary N) is 1. The van der Waals surface area contributed by atoms with E-state index in [1.807, 2.05) is 0 Å². The second-order valence-electron chi connectivity index (χ2n) is 3.06. The number of rotatable bonds is 1. The standard InChI is InChI=1S/C10H7F2N3/c11-5-3-7-6(8(12)4-5)1-2-15-9(7)10(13)14/h1-4H,(H3,13,14). The molecule has 0 bridgehead atoms. The zero-order valence-electron chi connectivity index (χ0n) is 7.59. The van der Waals surface area contributed by atoms with Gasteiger partial charge in [0.1, 0.15) is 23.2 Å². The van der Waals surface area contributed by atoms with Crippen LogP contribution in [0.4, 0.5) is 8.78 Å². The van der Waals surface area contributed by atoms with E-state index in [9.17, 15) is 8.78 Å². The first-order valence-corrected chi connectivity index (χ1v) is 4.18. The van der Waals surface area contributed by atoms with Crippen LogP contribution in [0, 0.1) is 17.0 Å². The molecule has 1 aromatic carbocycles. The molecule has 15 heavy (non-hydrogen) atoms. The highest BCUT2D eigenvalue weighted by Gasteiger charge is 2.10. The van der Waals surface area contributed by atoms with Gasteiger partial charge in [-0.25, -0.2) is 8.78 Å². The molecule has 0 unspecified atom stereocenters. The van der Waals surface area contributed by atoms with Crippen LogP contribution in [0.2, 0.25) is 0 Å². The summed E-state index contributed by atoms with van der Waals surface area (Å²) in [7, 11) is 0. The van der Waals surface area contributed by atoms with Gasteiger partial charge in [-0.15, -0.1) is 0 Å². The predicted octanol–water partition coefficient (Wildman–Crippen LogP) is 1.80. The summed E-state index contributed by atoms with van der Waals surface area (Å²) in [5.41, 5.74) is 5.34. The smallest absolute Gasteiger partial charge is 0.142 e. The average molecular weight is 207 g/mol. The monoisotopic (exact) mass is 207 g/mol. The molecular weight excluding hydrogens is 200 g/mol. The van der Waals surface area contributed by atoms with Crippen LogP contribution < -0.4 is 5.73 Å². The summed E-state index contributed by atoms with van der Waals surface area (Å²) in [5, 5.41) is 7.64. The maximum Gasteiger partial charge on any atom is 0.142 e. The molecule has 0 spiro atoms. The Morgan fingerprint density at radius 1 is 1.27 bits per heavy atom. The fourth-order valence-corrected chi connectivity index (χ4v) is 1.42. The van der Waals surface area contributed by atoms with E-state index in [0.29, 0.717) is 0 Å². The molecule has 0 amide bonds. The molecule has 76 valence electrons. The Kier molecular flexibility index (Phi) is 2.07. The molecule has 0 fully saturated rings. The number of amidine groups is 1. The second kappa shape index (κ2) is 3.27. The number of hydrogen-bond donors (Lipinski definition) is 2. The van der Waals surface area contributed by atoms with E-state index < -0.39 is 11.6 Å². The van der Waals surface area contributed by atoms with Crippen molar-refractivity contribution in [3.05, 3.63) is 41.7 Å². The third-order valence-electron chi connectivity index (χ3n) is 2.05. The lowest BCUT2D eigenvalue weighted by Gasteiger charge is -2.04. The maximum atomic E-state index is 13.3. The molecular formula is C10H7F2N3. The minimum absolute atomic E-state index is 0.0888. The van der Waals surface area contributed by atoms with E-state index >= 15 is 0 Å². The van der Waals surface area contributed by atoms with Crippen molar-refractivity contribution < 1.29 is 8.78 Å². The molecule has 0 radical (unpaired) electrons. The summed E-state index contributed by atoms with van der Waals surface area (Å²) < 4.78 is 26.3. The molecule has 0 aliphatic heterocycles. The fourth-order valence-electron chi connectivity index (χ4n) is 1.42. The molecule has 0 saturated carbocycles. The Bertz CT molecular complexity index is 552. The normalized spacial score (nSPS) is 10.5. The van der Waals surface area contributed by atoms with Crippen LogP contribution in [0.25, 0.3) is 10.8 Å². The van der Waals surface area contributed by atoms with Gasteiger partial charge in [0.15, 0.2) is 0 Å². The summed E-state index contributed by atoms with van der Waals surface area (Å²) in [6.07, 6.45) is 1.33. The SMILES string of the molecule is N=C(N)c1nccc2c(F)cc(F)cc12. The van der Waals surface area contributed by atoms with Gasteiger partial charge in [0.2, 0.25) is 0 Å². The van der Waals surface area contributed by atoms with Crippen molar-refractivity contribution in [2.45, 2.75) is 0 Å². The Morgan fingerprint density at radius 2 is 2.00 bits per heavy atom. The van der Waals surface area contributed by atoms with Gasteiger partial charge < -0.3 is 5.73 Å². The highest BCUT2D eigenvalue weighted by Crippen LogP contribution is 2.21. The van der Waals surface area contributed by atoms with E-state index in [2.05, 4.69) is 4.98 Å². The van der Waals surface area contributed by atoms with E-state index in [0.717, 1.165) is 12.1 Å². The van der Waals surface area contributed by atoms with Gasteiger partial charge in [0, 0.05) is 23.0 Å². The number of fused-ring (bicyclic) bond motifs is 1. The van der Waals surface area contributed by atoms with E-state index in [4.69, 9.17) is 11.1 Å². The Labute approximate surface area is 84.1 Å². The highest BCUT2D eigenvalue weighted by molar-refractivity contribution is 6.05. The summed E-state index contributed by atoms with van der Waals surface area (Å²) in [4.78, 5) is 3.81. The van der Waals surface area contributed by atoms with Crippen molar-refractivity contribution in [2.75, 3.05) is 0 Å². The van der Waals surface area contributed by atoms with Gasteiger partial charge in [-0.1, -0.05) is 0 Å². The lowest BCUT2D eigenvalue weighted by atomic mass is 10.1. The minimum Gasteiger partial charge on any atom is -0.382 e. The molecule has 0 aliphatic rings. The van der Waals surface area contributed by atoms with Crippen LogP contribution in [0.5, 0.6) is 0 Å². The van der Waals surface area contributed by atoms with Crippen LogP contribution in [-0.2, 0) is 0 Å². The largest absolute Gasteiger partial charge is 0.382 e. The summed E-state index contributed by atoms with van der Waals surface area (Å²) in [5.74, 6) is -1.71. The Morgan fingerprint density at radius 3 is 2.67 bits per heavy atom. The highest BCUT2D eigenvalue weighted by atomic mass is 19.1. The molecule has 0 aliphatic carbocycles. The molecule has 1 heterocycles. The van der Waals surface area contributed by atoms with Gasteiger partial charge in [-0.3, -0.25) is 10.4 Å². The first-order chi connectivity index (χ1) is 7.09. The topological polar surface area (TPSA) is 62.8 Å². The van der Waals surface area contributed by atoms with Crippen LogP contribution in [0.15, 0.2) is 24.4 Å². The number of aromatic nitrogens is 1. The molecule has 0 atom stereocenters. The summed E-state index contributed by atoms with van der Waals surface area (Å²) >= 11 is 0. The molecule has 2 rings (SSSR count). The van der Waals surface area contributed by atoms with Crippen molar-refractivity contribution in [1.29, 1.82) is 5.41 Å². The molecule has 1 aromatic heterocycles. The first-order valence-electron chi connectivity index (χ1n) is 4.18. The summed E-state index contributed by atoms with van der Waals surface area (Å²) in [6.45, 7) is 0. The summed E-state index contributed by atoms with van der Waals surface area (Å²) in [6, 6.07) is 3.31. The third-order valence-corrected chi connectivity index (χ3v) is 2.05. The lowest BCUT2D eigenvalue weighted by Crippen LogP contribution is -2.13. The van der Waals surface area contributed by atoms with Gasteiger partial charge in [-0.05, 0) is 12.1 Å². The van der Waals surface area contributed by atoms with E-state index in [-0.39, 0.29) is 22.3 Å². The molecule has 3 N–H and O–H groups in total. The lowest BCUT2D eigenvalue weighted by molar-refractivity contribution is 0.592. The second-order valence-corrected chi connectivity index (χ2v) is 3.06.